The normalized spacial score (nSPS) is 10.6. The van der Waals surface area contributed by atoms with E-state index in [1.165, 1.54) is 0 Å². The first-order chi connectivity index (χ1) is 9.01. The van der Waals surface area contributed by atoms with E-state index in [0.29, 0.717) is 22.3 Å². The van der Waals surface area contributed by atoms with E-state index in [0.717, 1.165) is 16.1 Å². The third-order valence-corrected chi connectivity index (χ3v) is 3.66. The van der Waals surface area contributed by atoms with Gasteiger partial charge in [-0.15, -0.1) is 0 Å². The van der Waals surface area contributed by atoms with Gasteiger partial charge in [-0.1, -0.05) is 23.2 Å². The molecule has 0 amide bonds. The minimum atomic E-state index is 0.273. The minimum Gasteiger partial charge on any atom is -0.439 e. The van der Waals surface area contributed by atoms with Crippen LogP contribution in [0.1, 0.15) is 16.8 Å². The number of pyridine rings is 1. The van der Waals surface area contributed by atoms with Gasteiger partial charge in [0.1, 0.15) is 5.75 Å². The van der Waals surface area contributed by atoms with E-state index in [9.17, 15) is 0 Å². The first-order valence-electron chi connectivity index (χ1n) is 5.81. The van der Waals surface area contributed by atoms with Crippen LogP contribution >= 0.6 is 23.2 Å². The van der Waals surface area contributed by atoms with Crippen LogP contribution in [-0.4, -0.2) is 4.98 Å². The number of nitrogens with zero attached hydrogens (tertiary/aromatic N) is 1. The first kappa shape index (κ1) is 14.1. The molecule has 0 fully saturated rings. The Morgan fingerprint density at radius 2 is 1.79 bits per heavy atom. The van der Waals surface area contributed by atoms with Gasteiger partial charge in [-0.2, -0.15) is 0 Å². The molecular weight excluding hydrogens is 283 g/mol. The average Bonchev–Trinajstić information content (AvgIpc) is 2.38. The number of hydrogen-bond acceptors (Lipinski definition) is 3. The van der Waals surface area contributed by atoms with Crippen LogP contribution in [0.25, 0.3) is 0 Å². The molecule has 1 aromatic carbocycles. The average molecular weight is 297 g/mol. The molecule has 0 aliphatic carbocycles. The van der Waals surface area contributed by atoms with Crippen LogP contribution in [0.3, 0.4) is 0 Å². The molecule has 1 aromatic heterocycles. The summed E-state index contributed by atoms with van der Waals surface area (Å²) in [6.07, 6.45) is 0. The van der Waals surface area contributed by atoms with Gasteiger partial charge in [0.2, 0.25) is 5.88 Å². The summed E-state index contributed by atoms with van der Waals surface area (Å²) in [6.45, 7) is 4.14. The van der Waals surface area contributed by atoms with Gasteiger partial charge in [-0.05, 0) is 43.2 Å². The van der Waals surface area contributed by atoms with Crippen LogP contribution in [0.2, 0.25) is 10.0 Å². The predicted molar refractivity (Wildman–Crippen MR) is 78.1 cm³/mol. The first-order valence-corrected chi connectivity index (χ1v) is 6.57. The maximum absolute atomic E-state index is 6.12. The van der Waals surface area contributed by atoms with Crippen molar-refractivity contribution in [1.82, 2.24) is 4.98 Å². The molecule has 3 nitrogen and oxygen atoms in total. The Labute approximate surface area is 122 Å². The van der Waals surface area contributed by atoms with E-state index >= 15 is 0 Å². The molecule has 0 saturated heterocycles. The standard InChI is InChI=1S/C14H14Cl2N2O/c1-8-5-10(6-9(2)14(8)16)19-13-4-3-11(15)12(7-17)18-13/h3-6H,7,17H2,1-2H3. The zero-order valence-corrected chi connectivity index (χ0v) is 12.2. The highest BCUT2D eigenvalue weighted by atomic mass is 35.5. The molecule has 0 aliphatic rings. The Bertz CT molecular complexity index is 591. The summed E-state index contributed by atoms with van der Waals surface area (Å²) in [5.74, 6) is 1.16. The quantitative estimate of drug-likeness (QED) is 0.921. The number of nitrogens with two attached hydrogens (primary N) is 1. The van der Waals surface area contributed by atoms with Gasteiger partial charge in [0.05, 0.1) is 10.7 Å². The molecule has 0 unspecified atom stereocenters. The fourth-order valence-electron chi connectivity index (χ4n) is 1.75. The molecule has 0 bridgehead atoms. The molecule has 2 N–H and O–H groups in total. The van der Waals surface area contributed by atoms with E-state index in [-0.39, 0.29) is 6.54 Å². The van der Waals surface area contributed by atoms with Crippen molar-refractivity contribution in [2.24, 2.45) is 5.73 Å². The number of aromatic nitrogens is 1. The minimum absolute atomic E-state index is 0.273. The molecule has 2 aromatic rings. The highest BCUT2D eigenvalue weighted by Gasteiger charge is 2.07. The van der Waals surface area contributed by atoms with Crippen LogP contribution in [0.15, 0.2) is 24.3 Å². The topological polar surface area (TPSA) is 48.1 Å². The lowest BCUT2D eigenvalue weighted by atomic mass is 10.1. The van der Waals surface area contributed by atoms with E-state index in [2.05, 4.69) is 4.98 Å². The number of rotatable bonds is 3. The summed E-state index contributed by atoms with van der Waals surface area (Å²) < 4.78 is 5.71. The lowest BCUT2D eigenvalue weighted by Gasteiger charge is -2.10. The molecule has 0 spiro atoms. The second-order valence-electron chi connectivity index (χ2n) is 4.26. The van der Waals surface area contributed by atoms with Gasteiger partial charge in [0.25, 0.3) is 0 Å². The maximum Gasteiger partial charge on any atom is 0.219 e. The van der Waals surface area contributed by atoms with Crippen LogP contribution in [0, 0.1) is 13.8 Å². The molecule has 1 heterocycles. The molecule has 0 atom stereocenters. The van der Waals surface area contributed by atoms with Crippen LogP contribution in [0.4, 0.5) is 0 Å². The Morgan fingerprint density at radius 1 is 1.16 bits per heavy atom. The molecule has 2 rings (SSSR count). The zero-order chi connectivity index (χ0) is 14.0. The molecule has 0 aliphatic heterocycles. The van der Waals surface area contributed by atoms with Crippen LogP contribution in [-0.2, 0) is 6.54 Å². The van der Waals surface area contributed by atoms with Crippen molar-refractivity contribution >= 4 is 23.2 Å². The van der Waals surface area contributed by atoms with Gasteiger partial charge in [-0.3, -0.25) is 0 Å². The summed E-state index contributed by atoms with van der Waals surface area (Å²) >= 11 is 12.1. The molecular formula is C14H14Cl2N2O. The van der Waals surface area contributed by atoms with Gasteiger partial charge in [0.15, 0.2) is 0 Å². The Morgan fingerprint density at radius 3 is 2.37 bits per heavy atom. The van der Waals surface area contributed by atoms with Gasteiger partial charge >= 0.3 is 0 Å². The van der Waals surface area contributed by atoms with Crippen molar-refractivity contribution in [3.63, 3.8) is 0 Å². The summed E-state index contributed by atoms with van der Waals surface area (Å²) in [6, 6.07) is 7.17. The smallest absolute Gasteiger partial charge is 0.219 e. The SMILES string of the molecule is Cc1cc(Oc2ccc(Cl)c(CN)n2)cc(C)c1Cl. The predicted octanol–water partition coefficient (Wildman–Crippen LogP) is 4.26. The highest BCUT2D eigenvalue weighted by Crippen LogP contribution is 2.29. The van der Waals surface area contributed by atoms with E-state index in [4.69, 9.17) is 33.7 Å². The third-order valence-electron chi connectivity index (χ3n) is 2.72. The Kier molecular flexibility index (Phi) is 4.30. The molecule has 100 valence electrons. The van der Waals surface area contributed by atoms with Gasteiger partial charge in [0, 0.05) is 17.6 Å². The molecule has 0 saturated carbocycles. The second kappa shape index (κ2) is 5.78. The number of benzene rings is 1. The van der Waals surface area contributed by atoms with Crippen molar-refractivity contribution in [1.29, 1.82) is 0 Å². The van der Waals surface area contributed by atoms with Crippen molar-refractivity contribution in [2.75, 3.05) is 0 Å². The third kappa shape index (κ3) is 3.18. The molecule has 5 heteroatoms. The summed E-state index contributed by atoms with van der Waals surface area (Å²) in [5.41, 5.74) is 8.10. The summed E-state index contributed by atoms with van der Waals surface area (Å²) in [4.78, 5) is 4.26. The Hall–Kier alpha value is -1.29. The maximum atomic E-state index is 6.12. The monoisotopic (exact) mass is 296 g/mol. The van der Waals surface area contributed by atoms with Crippen molar-refractivity contribution < 1.29 is 4.74 Å². The lowest BCUT2D eigenvalue weighted by Crippen LogP contribution is -2.01. The number of halogens is 2. The van der Waals surface area contributed by atoms with Crippen molar-refractivity contribution in [2.45, 2.75) is 20.4 Å². The summed E-state index contributed by atoms with van der Waals surface area (Å²) in [7, 11) is 0. The largest absolute Gasteiger partial charge is 0.439 e. The van der Waals surface area contributed by atoms with E-state index < -0.39 is 0 Å². The molecule has 19 heavy (non-hydrogen) atoms. The fourth-order valence-corrected chi connectivity index (χ4v) is 2.04. The van der Waals surface area contributed by atoms with Gasteiger partial charge in [-0.25, -0.2) is 4.98 Å². The number of aryl methyl sites for hydroxylation is 2. The van der Waals surface area contributed by atoms with E-state index in [1.54, 1.807) is 12.1 Å². The lowest BCUT2D eigenvalue weighted by molar-refractivity contribution is 0.460. The highest BCUT2D eigenvalue weighted by molar-refractivity contribution is 6.32. The molecule has 0 radical (unpaired) electrons. The fraction of sp³-hybridized carbons (Fsp3) is 0.214. The summed E-state index contributed by atoms with van der Waals surface area (Å²) in [5, 5.41) is 1.29. The Balaban J connectivity index is 2.31. The number of ether oxygens (including phenoxy) is 1. The van der Waals surface area contributed by atoms with Crippen molar-refractivity contribution in [3.05, 3.63) is 51.1 Å². The van der Waals surface area contributed by atoms with Gasteiger partial charge < -0.3 is 10.5 Å². The second-order valence-corrected chi connectivity index (χ2v) is 5.04. The van der Waals surface area contributed by atoms with Crippen LogP contribution in [0.5, 0.6) is 11.6 Å². The van der Waals surface area contributed by atoms with E-state index in [1.807, 2.05) is 26.0 Å². The number of hydrogen-bond donors (Lipinski definition) is 1. The van der Waals surface area contributed by atoms with Crippen molar-refractivity contribution in [3.8, 4) is 11.6 Å². The zero-order valence-electron chi connectivity index (χ0n) is 10.7. The van der Waals surface area contributed by atoms with Crippen LogP contribution < -0.4 is 10.5 Å².